The second kappa shape index (κ2) is 15.4. The molecule has 8 rings (SSSR count). The van der Waals surface area contributed by atoms with Crippen molar-refractivity contribution in [2.45, 2.75) is 38.8 Å². The van der Waals surface area contributed by atoms with Crippen LogP contribution in [-0.2, 0) is 27.4 Å². The fourth-order valence-electron chi connectivity index (χ4n) is 6.56. The maximum absolute atomic E-state index is 15.3. The Morgan fingerprint density at radius 3 is 2.40 bits per heavy atom. The van der Waals surface area contributed by atoms with Gasteiger partial charge in [-0.25, -0.2) is 13.6 Å². The predicted molar refractivity (Wildman–Crippen MR) is 204 cm³/mol. The highest BCUT2D eigenvalue weighted by Gasteiger charge is 2.56. The summed E-state index contributed by atoms with van der Waals surface area (Å²) in [4.78, 5) is 46.5. The molecule has 1 saturated heterocycles. The van der Waals surface area contributed by atoms with Crippen LogP contribution in [0.2, 0.25) is 0 Å². The van der Waals surface area contributed by atoms with E-state index in [4.69, 9.17) is 9.47 Å². The number of carbonyl (C=O) groups is 3. The van der Waals surface area contributed by atoms with Gasteiger partial charge >= 0.3 is 5.97 Å². The molecule has 2 N–H and O–H groups in total. The minimum absolute atomic E-state index is 0.0590. The van der Waals surface area contributed by atoms with Crippen LogP contribution in [0.3, 0.4) is 0 Å². The monoisotopic (exact) mass is 762 g/mol. The fraction of sp³-hybridized carbons (Fsp3) is 0.244. The van der Waals surface area contributed by atoms with Gasteiger partial charge in [-0.2, -0.15) is 5.10 Å². The number of aromatic nitrogens is 3. The van der Waals surface area contributed by atoms with Gasteiger partial charge in [0.1, 0.15) is 23.6 Å². The van der Waals surface area contributed by atoms with Crippen molar-refractivity contribution in [1.29, 1.82) is 0 Å². The van der Waals surface area contributed by atoms with Crippen molar-refractivity contribution in [3.05, 3.63) is 120 Å². The molecular weight excluding hydrogens is 727 g/mol. The number of hydrogen-bond donors (Lipinski definition) is 2. The van der Waals surface area contributed by atoms with Gasteiger partial charge in [0.2, 0.25) is 11.8 Å². The molecule has 3 aromatic carbocycles. The Labute approximate surface area is 318 Å². The van der Waals surface area contributed by atoms with Crippen molar-refractivity contribution in [2.75, 3.05) is 30.3 Å². The van der Waals surface area contributed by atoms with E-state index in [1.165, 1.54) is 60.6 Å². The molecule has 4 heterocycles. The molecule has 55 heavy (non-hydrogen) atoms. The van der Waals surface area contributed by atoms with E-state index in [1.807, 2.05) is 30.5 Å². The highest BCUT2D eigenvalue weighted by atomic mass is 32.1. The standard InChI is InChI=1S/C41H36F2N6O5S/c42-29-6-8-30(9-7-29)46-39(51)41(13-14-41)40(52)47-31-10-11-34(32(43)21-31)54-35-12-15-44-33-22-36(55-37(33)35)28-23-45-49(25-28)18-19-53-38(50)27-5-3-4-26(20-27)24-48-16-1-2-17-48/h3-12,15,20-23,25H,1-2,13-14,16-19,24H2,(H,46,51)(H,47,52). The fourth-order valence-corrected chi connectivity index (χ4v) is 7.60. The maximum atomic E-state index is 15.3. The van der Waals surface area contributed by atoms with E-state index in [1.54, 1.807) is 29.2 Å². The highest BCUT2D eigenvalue weighted by Crippen LogP contribution is 2.48. The number of ether oxygens (including phenoxy) is 2. The molecule has 0 unspecified atom stereocenters. The number of rotatable bonds is 13. The molecule has 280 valence electrons. The number of benzene rings is 3. The highest BCUT2D eigenvalue weighted by molar-refractivity contribution is 7.22. The van der Waals surface area contributed by atoms with Crippen LogP contribution < -0.4 is 15.4 Å². The Hall–Kier alpha value is -5.99. The molecule has 2 amide bonds. The molecule has 2 fully saturated rings. The molecule has 0 atom stereocenters. The molecule has 6 aromatic rings. The lowest BCUT2D eigenvalue weighted by atomic mass is 10.0. The quantitative estimate of drug-likeness (QED) is 0.0895. The van der Waals surface area contributed by atoms with Gasteiger partial charge < -0.3 is 20.1 Å². The zero-order chi connectivity index (χ0) is 37.9. The van der Waals surface area contributed by atoms with Crippen LogP contribution in [0.4, 0.5) is 20.2 Å². The maximum Gasteiger partial charge on any atom is 0.338 e. The molecular formula is C41H36F2N6O5S. The summed E-state index contributed by atoms with van der Waals surface area (Å²) in [7, 11) is 0. The average molecular weight is 763 g/mol. The van der Waals surface area contributed by atoms with E-state index in [0.717, 1.165) is 41.7 Å². The van der Waals surface area contributed by atoms with E-state index in [2.05, 4.69) is 25.6 Å². The second-order valence-corrected chi connectivity index (χ2v) is 14.7. The third-order valence-corrected chi connectivity index (χ3v) is 10.9. The van der Waals surface area contributed by atoms with Crippen molar-refractivity contribution >= 4 is 50.7 Å². The van der Waals surface area contributed by atoms with Crippen molar-refractivity contribution in [1.82, 2.24) is 19.7 Å². The zero-order valence-corrected chi connectivity index (χ0v) is 30.4. The van der Waals surface area contributed by atoms with Gasteiger partial charge in [-0.1, -0.05) is 12.1 Å². The first-order chi connectivity index (χ1) is 26.7. The molecule has 11 nitrogen and oxygen atoms in total. The van der Waals surface area contributed by atoms with Crippen LogP contribution >= 0.6 is 11.3 Å². The zero-order valence-electron chi connectivity index (χ0n) is 29.6. The van der Waals surface area contributed by atoms with E-state index in [9.17, 15) is 18.8 Å². The summed E-state index contributed by atoms with van der Waals surface area (Å²) in [6, 6.07) is 20.4. The van der Waals surface area contributed by atoms with Crippen molar-refractivity contribution in [2.24, 2.45) is 5.41 Å². The van der Waals surface area contributed by atoms with Gasteiger partial charge in [0.15, 0.2) is 11.6 Å². The third-order valence-electron chi connectivity index (χ3n) is 9.75. The third kappa shape index (κ3) is 8.10. The van der Waals surface area contributed by atoms with Gasteiger partial charge in [-0.3, -0.25) is 24.2 Å². The van der Waals surface area contributed by atoms with Crippen LogP contribution in [0.25, 0.3) is 20.7 Å². The molecule has 0 spiro atoms. The lowest BCUT2D eigenvalue weighted by Gasteiger charge is -2.16. The minimum atomic E-state index is -1.29. The number of halogens is 2. The van der Waals surface area contributed by atoms with E-state index in [0.29, 0.717) is 46.6 Å². The van der Waals surface area contributed by atoms with Crippen LogP contribution in [0.1, 0.15) is 41.6 Å². The Bertz CT molecular complexity index is 2390. The van der Waals surface area contributed by atoms with Gasteiger partial charge in [-0.05, 0) is 98.9 Å². The first kappa shape index (κ1) is 36.0. The smallest absolute Gasteiger partial charge is 0.338 e. The normalized spacial score (nSPS) is 14.8. The molecule has 0 radical (unpaired) electrons. The predicted octanol–water partition coefficient (Wildman–Crippen LogP) is 8.04. The number of likely N-dealkylation sites (tertiary alicyclic amines) is 1. The van der Waals surface area contributed by atoms with Crippen LogP contribution in [0, 0.1) is 17.0 Å². The Morgan fingerprint density at radius 2 is 1.64 bits per heavy atom. The summed E-state index contributed by atoms with van der Waals surface area (Å²) < 4.78 is 42.6. The Morgan fingerprint density at radius 1 is 0.873 bits per heavy atom. The number of carbonyl (C=O) groups excluding carboxylic acids is 3. The minimum Gasteiger partial charge on any atom is -0.460 e. The van der Waals surface area contributed by atoms with Crippen molar-refractivity contribution in [3.63, 3.8) is 0 Å². The van der Waals surface area contributed by atoms with E-state index in [-0.39, 0.29) is 24.0 Å². The number of fused-ring (bicyclic) bond motifs is 1. The number of amides is 2. The first-order valence-corrected chi connectivity index (χ1v) is 18.8. The number of pyridine rings is 1. The van der Waals surface area contributed by atoms with E-state index >= 15 is 4.39 Å². The van der Waals surface area contributed by atoms with Gasteiger partial charge in [0, 0.05) is 52.9 Å². The second-order valence-electron chi connectivity index (χ2n) is 13.7. The van der Waals surface area contributed by atoms with Crippen molar-refractivity contribution < 1.29 is 32.6 Å². The number of hydrogen-bond acceptors (Lipinski definition) is 9. The summed E-state index contributed by atoms with van der Waals surface area (Å²) in [5.74, 6) is -2.25. The number of esters is 1. The van der Waals surface area contributed by atoms with Crippen LogP contribution in [0.15, 0.2) is 97.5 Å². The molecule has 1 aliphatic carbocycles. The number of anilines is 2. The average Bonchev–Trinajstić information content (AvgIpc) is 3.46. The summed E-state index contributed by atoms with van der Waals surface area (Å²) in [6.07, 6.45) is 8.25. The van der Waals surface area contributed by atoms with Gasteiger partial charge in [0.25, 0.3) is 0 Å². The Balaban J connectivity index is 0.873. The lowest BCUT2D eigenvalue weighted by molar-refractivity contribution is -0.131. The van der Waals surface area contributed by atoms with Crippen molar-refractivity contribution in [3.8, 4) is 21.9 Å². The first-order valence-electron chi connectivity index (χ1n) is 18.0. The molecule has 1 saturated carbocycles. The molecule has 3 aromatic heterocycles. The summed E-state index contributed by atoms with van der Waals surface area (Å²) in [6.45, 7) is 3.53. The molecule has 2 aliphatic rings. The lowest BCUT2D eigenvalue weighted by Crippen LogP contribution is -2.35. The SMILES string of the molecule is O=C(OCCn1cc(-c2cc3nccc(Oc4ccc(NC(=O)C5(C(=O)Nc6ccc(F)cc6)CC5)cc4F)c3s2)cn1)c1cccc(CN2CCCC2)c1. The molecule has 14 heteroatoms. The van der Waals surface area contributed by atoms with Crippen LogP contribution in [0.5, 0.6) is 11.5 Å². The Kier molecular flexibility index (Phi) is 10.1. The molecule has 1 aliphatic heterocycles. The number of nitrogens with zero attached hydrogens (tertiary/aromatic N) is 4. The molecule has 0 bridgehead atoms. The van der Waals surface area contributed by atoms with E-state index < -0.39 is 28.9 Å². The summed E-state index contributed by atoms with van der Waals surface area (Å²) in [5.41, 5.74) is 2.37. The number of thiophene rings is 1. The summed E-state index contributed by atoms with van der Waals surface area (Å²) in [5, 5.41) is 9.75. The van der Waals surface area contributed by atoms with Gasteiger partial charge in [0.05, 0.1) is 28.5 Å². The van der Waals surface area contributed by atoms with Crippen LogP contribution in [-0.4, -0.2) is 57.1 Å². The topological polar surface area (TPSA) is 128 Å². The van der Waals surface area contributed by atoms with Gasteiger partial charge in [-0.15, -0.1) is 11.3 Å². The summed E-state index contributed by atoms with van der Waals surface area (Å²) >= 11 is 1.41. The largest absolute Gasteiger partial charge is 0.460 e. The number of nitrogens with one attached hydrogen (secondary N) is 2.